The van der Waals surface area contributed by atoms with Crippen LogP contribution in [0.2, 0.25) is 0 Å². The Morgan fingerprint density at radius 3 is 2.94 bits per heavy atom. The van der Waals surface area contributed by atoms with E-state index in [4.69, 9.17) is 0 Å². The summed E-state index contributed by atoms with van der Waals surface area (Å²) in [5.41, 5.74) is 0.355. The van der Waals surface area contributed by atoms with Crippen LogP contribution >= 0.6 is 0 Å². The third kappa shape index (κ3) is 2.85. The van der Waals surface area contributed by atoms with Crippen LogP contribution in [0, 0.1) is 11.8 Å². The summed E-state index contributed by atoms with van der Waals surface area (Å²) in [6.07, 6.45) is 0.519. The highest BCUT2D eigenvalue weighted by Gasteiger charge is 2.03. The van der Waals surface area contributed by atoms with Crippen LogP contribution in [0.15, 0.2) is 18.2 Å². The summed E-state index contributed by atoms with van der Waals surface area (Å²) in [7, 11) is 0. The highest BCUT2D eigenvalue weighted by molar-refractivity contribution is 5.89. The molecular formula is C12H10O4. The largest absolute Gasteiger partial charge is 0.506 e. The molecule has 1 aromatic carbocycles. The van der Waals surface area contributed by atoms with E-state index in [1.165, 1.54) is 12.1 Å². The van der Waals surface area contributed by atoms with E-state index in [2.05, 4.69) is 16.6 Å². The van der Waals surface area contributed by atoms with Gasteiger partial charge in [-0.1, -0.05) is 12.0 Å². The van der Waals surface area contributed by atoms with Crippen molar-refractivity contribution in [3.8, 4) is 17.6 Å². The number of benzene rings is 1. The van der Waals surface area contributed by atoms with E-state index in [1.54, 1.807) is 13.0 Å². The van der Waals surface area contributed by atoms with E-state index in [0.29, 0.717) is 6.29 Å². The number of ether oxygens (including phenoxy) is 1. The standard InChI is InChI=1S/C12H10O4/c1-2-16-11(14)7-6-9-4-3-5-10(8-13)12(9)15/h3-5,8,15H,2H2,1H3. The highest BCUT2D eigenvalue weighted by atomic mass is 16.5. The topological polar surface area (TPSA) is 63.6 Å². The second-order valence-electron chi connectivity index (χ2n) is 2.83. The van der Waals surface area contributed by atoms with E-state index in [1.807, 2.05) is 0 Å². The van der Waals surface area contributed by atoms with Crippen molar-refractivity contribution in [2.24, 2.45) is 0 Å². The number of esters is 1. The molecule has 0 aliphatic rings. The lowest BCUT2D eigenvalue weighted by molar-refractivity contribution is -0.136. The molecule has 0 bridgehead atoms. The molecule has 0 saturated heterocycles. The molecule has 0 heterocycles. The molecule has 0 radical (unpaired) electrons. The minimum absolute atomic E-state index is 0.135. The molecule has 1 N–H and O–H groups in total. The Balaban J connectivity index is 2.97. The third-order valence-corrected chi connectivity index (χ3v) is 1.77. The van der Waals surface area contributed by atoms with Crippen LogP contribution in [0.1, 0.15) is 22.8 Å². The Morgan fingerprint density at radius 2 is 2.31 bits per heavy atom. The van der Waals surface area contributed by atoms with Crippen molar-refractivity contribution in [1.82, 2.24) is 0 Å². The maximum absolute atomic E-state index is 10.9. The van der Waals surface area contributed by atoms with E-state index in [9.17, 15) is 14.7 Å². The average Bonchev–Trinajstić information content (AvgIpc) is 2.28. The van der Waals surface area contributed by atoms with Gasteiger partial charge in [-0.15, -0.1) is 0 Å². The summed E-state index contributed by atoms with van der Waals surface area (Å²) in [4.78, 5) is 21.5. The van der Waals surface area contributed by atoms with Crippen LogP contribution in [-0.2, 0) is 9.53 Å². The van der Waals surface area contributed by atoms with Gasteiger partial charge in [0.2, 0.25) is 0 Å². The summed E-state index contributed by atoms with van der Waals surface area (Å²) in [6.45, 7) is 1.91. The molecule has 16 heavy (non-hydrogen) atoms. The molecule has 0 amide bonds. The first kappa shape index (κ1) is 11.8. The Morgan fingerprint density at radius 1 is 1.56 bits per heavy atom. The molecule has 0 atom stereocenters. The molecule has 0 aliphatic carbocycles. The first-order valence-electron chi connectivity index (χ1n) is 4.65. The lowest BCUT2D eigenvalue weighted by Crippen LogP contribution is -1.99. The Kier molecular flexibility index (Phi) is 4.10. The van der Waals surface area contributed by atoms with Gasteiger partial charge in [0.1, 0.15) is 5.75 Å². The Hall–Kier alpha value is -2.28. The summed E-state index contributed by atoms with van der Waals surface area (Å²) in [5.74, 6) is 3.75. The molecule has 1 aromatic rings. The lowest BCUT2D eigenvalue weighted by atomic mass is 10.1. The number of hydrogen-bond acceptors (Lipinski definition) is 4. The zero-order valence-electron chi connectivity index (χ0n) is 8.69. The highest BCUT2D eigenvalue weighted by Crippen LogP contribution is 2.19. The van der Waals surface area contributed by atoms with Crippen molar-refractivity contribution in [2.75, 3.05) is 6.61 Å². The Bertz CT molecular complexity index is 466. The number of aromatic hydroxyl groups is 1. The van der Waals surface area contributed by atoms with Crippen molar-refractivity contribution >= 4 is 12.3 Å². The maximum Gasteiger partial charge on any atom is 0.384 e. The van der Waals surface area contributed by atoms with Crippen LogP contribution in [0.25, 0.3) is 0 Å². The van der Waals surface area contributed by atoms with Crippen LogP contribution in [0.5, 0.6) is 5.75 Å². The van der Waals surface area contributed by atoms with Gasteiger partial charge in [0.05, 0.1) is 17.7 Å². The molecular weight excluding hydrogens is 208 g/mol. The third-order valence-electron chi connectivity index (χ3n) is 1.77. The number of rotatable bonds is 2. The molecule has 0 aliphatic heterocycles. The van der Waals surface area contributed by atoms with Gasteiger partial charge in [0.25, 0.3) is 0 Å². The van der Waals surface area contributed by atoms with Gasteiger partial charge in [0, 0.05) is 5.92 Å². The van der Waals surface area contributed by atoms with Gasteiger partial charge >= 0.3 is 5.97 Å². The second kappa shape index (κ2) is 5.56. The minimum atomic E-state index is -0.668. The van der Waals surface area contributed by atoms with Gasteiger partial charge in [0.15, 0.2) is 6.29 Å². The summed E-state index contributed by atoms with van der Waals surface area (Å²) in [6, 6.07) is 4.53. The van der Waals surface area contributed by atoms with Gasteiger partial charge in [-0.3, -0.25) is 4.79 Å². The quantitative estimate of drug-likeness (QED) is 0.459. The molecule has 0 spiro atoms. The SMILES string of the molecule is CCOC(=O)C#Cc1cccc(C=O)c1O. The predicted octanol–water partition coefficient (Wildman–Crippen LogP) is 1.12. The predicted molar refractivity (Wildman–Crippen MR) is 57.0 cm³/mol. The molecule has 0 unspecified atom stereocenters. The number of phenolic OH excluding ortho intramolecular Hbond substituents is 1. The number of aldehydes is 1. The van der Waals surface area contributed by atoms with Crippen LogP contribution < -0.4 is 0 Å². The first-order valence-corrected chi connectivity index (χ1v) is 4.65. The lowest BCUT2D eigenvalue weighted by Gasteiger charge is -1.98. The summed E-state index contributed by atoms with van der Waals surface area (Å²) >= 11 is 0. The summed E-state index contributed by atoms with van der Waals surface area (Å²) in [5, 5.41) is 9.55. The van der Waals surface area contributed by atoms with E-state index in [-0.39, 0.29) is 23.5 Å². The fourth-order valence-electron chi connectivity index (χ4n) is 1.04. The fourth-order valence-corrected chi connectivity index (χ4v) is 1.04. The number of phenols is 1. The Labute approximate surface area is 92.9 Å². The van der Waals surface area contributed by atoms with Gasteiger partial charge in [-0.05, 0) is 19.1 Å². The van der Waals surface area contributed by atoms with Crippen molar-refractivity contribution < 1.29 is 19.4 Å². The van der Waals surface area contributed by atoms with E-state index < -0.39 is 5.97 Å². The molecule has 82 valence electrons. The smallest absolute Gasteiger partial charge is 0.384 e. The van der Waals surface area contributed by atoms with Gasteiger partial charge in [-0.2, -0.15) is 0 Å². The van der Waals surface area contributed by atoms with Crippen molar-refractivity contribution in [2.45, 2.75) is 6.92 Å². The van der Waals surface area contributed by atoms with Gasteiger partial charge in [-0.25, -0.2) is 4.79 Å². The second-order valence-corrected chi connectivity index (χ2v) is 2.83. The van der Waals surface area contributed by atoms with Crippen molar-refractivity contribution in [3.63, 3.8) is 0 Å². The minimum Gasteiger partial charge on any atom is -0.506 e. The molecule has 0 aromatic heterocycles. The summed E-state index contributed by atoms with van der Waals surface area (Å²) < 4.78 is 4.60. The maximum atomic E-state index is 10.9. The number of carbonyl (C=O) groups is 2. The fraction of sp³-hybridized carbons (Fsp3) is 0.167. The number of carbonyl (C=O) groups excluding carboxylic acids is 2. The normalized spacial score (nSPS) is 8.81. The first-order chi connectivity index (χ1) is 7.69. The monoisotopic (exact) mass is 218 g/mol. The van der Waals surface area contributed by atoms with E-state index >= 15 is 0 Å². The zero-order valence-corrected chi connectivity index (χ0v) is 8.69. The van der Waals surface area contributed by atoms with Crippen molar-refractivity contribution in [1.29, 1.82) is 0 Å². The molecule has 1 rings (SSSR count). The van der Waals surface area contributed by atoms with Crippen LogP contribution in [0.3, 0.4) is 0 Å². The average molecular weight is 218 g/mol. The molecule has 4 nitrogen and oxygen atoms in total. The number of hydrogen-bond donors (Lipinski definition) is 1. The molecule has 0 saturated carbocycles. The van der Waals surface area contributed by atoms with Crippen LogP contribution in [-0.4, -0.2) is 24.0 Å². The molecule has 0 fully saturated rings. The van der Waals surface area contributed by atoms with Crippen LogP contribution in [0.4, 0.5) is 0 Å². The van der Waals surface area contributed by atoms with Crippen molar-refractivity contribution in [3.05, 3.63) is 29.3 Å². The molecule has 4 heteroatoms. The number of para-hydroxylation sites is 1. The van der Waals surface area contributed by atoms with E-state index in [0.717, 1.165) is 0 Å². The zero-order chi connectivity index (χ0) is 12.0. The van der Waals surface area contributed by atoms with Gasteiger partial charge < -0.3 is 9.84 Å².